The van der Waals surface area contributed by atoms with Gasteiger partial charge in [-0.3, -0.25) is 10.1 Å². The molecule has 9 heteroatoms. The molecule has 1 amide bonds. The van der Waals surface area contributed by atoms with Gasteiger partial charge in [0.05, 0.1) is 0 Å². The molecule has 4 rings (SSSR count). The van der Waals surface area contributed by atoms with Crippen molar-refractivity contribution in [1.82, 2.24) is 14.8 Å². The number of aromatic nitrogens is 3. The lowest BCUT2D eigenvalue weighted by atomic mass is 9.98. The second-order valence-corrected chi connectivity index (χ2v) is 6.28. The number of fused-ring (bicyclic) bond motifs is 3. The molecule has 28 heavy (non-hydrogen) atoms. The first-order chi connectivity index (χ1) is 13.5. The Labute approximate surface area is 158 Å². The number of anilines is 1. The Bertz CT molecular complexity index is 1070. The van der Waals surface area contributed by atoms with Gasteiger partial charge < -0.3 is 9.84 Å². The van der Waals surface area contributed by atoms with E-state index in [0.29, 0.717) is 0 Å². The van der Waals surface area contributed by atoms with Gasteiger partial charge in [-0.1, -0.05) is 48.5 Å². The summed E-state index contributed by atoms with van der Waals surface area (Å²) < 4.78 is 6.14. The topological polar surface area (TPSA) is 126 Å². The zero-order valence-corrected chi connectivity index (χ0v) is 14.6. The Morgan fingerprint density at radius 1 is 1.11 bits per heavy atom. The maximum absolute atomic E-state index is 12.2. The standard InChI is InChI=1S/C19H16N4O5/c24-16(25)9-23-17(21-22-18(23)26)20-19(27)28-10-15-13-7-3-1-5-11(13)12-6-2-4-8-14(12)15/h1-8,15H,9-10H2,(H,22,26)(H,24,25)(H,20,21,27). The molecule has 2 aromatic carbocycles. The Morgan fingerprint density at radius 3 is 2.32 bits per heavy atom. The number of nitrogens with zero attached hydrogens (tertiary/aromatic N) is 2. The van der Waals surface area contributed by atoms with E-state index in [0.717, 1.165) is 26.8 Å². The maximum atomic E-state index is 12.2. The van der Waals surface area contributed by atoms with Crippen molar-refractivity contribution >= 4 is 18.0 Å². The Kier molecular flexibility index (Phi) is 4.40. The molecule has 3 N–H and O–H groups in total. The van der Waals surface area contributed by atoms with Gasteiger partial charge in [0.1, 0.15) is 13.2 Å². The van der Waals surface area contributed by atoms with Crippen LogP contribution in [-0.4, -0.2) is 38.5 Å². The molecule has 0 saturated heterocycles. The van der Waals surface area contributed by atoms with Crippen molar-refractivity contribution in [3.63, 3.8) is 0 Å². The van der Waals surface area contributed by atoms with Crippen LogP contribution in [0.2, 0.25) is 0 Å². The van der Waals surface area contributed by atoms with E-state index in [-0.39, 0.29) is 18.5 Å². The largest absolute Gasteiger partial charge is 0.480 e. The van der Waals surface area contributed by atoms with Crippen molar-refractivity contribution in [3.8, 4) is 11.1 Å². The zero-order chi connectivity index (χ0) is 19.7. The first kappa shape index (κ1) is 17.5. The summed E-state index contributed by atoms with van der Waals surface area (Å²) in [6.07, 6.45) is -0.826. The van der Waals surface area contributed by atoms with Crippen LogP contribution in [0.15, 0.2) is 53.3 Å². The van der Waals surface area contributed by atoms with Crippen LogP contribution in [0.4, 0.5) is 10.7 Å². The number of amides is 1. The molecule has 0 spiro atoms. The fourth-order valence-corrected chi connectivity index (χ4v) is 3.42. The van der Waals surface area contributed by atoms with Crippen molar-refractivity contribution < 1.29 is 19.4 Å². The summed E-state index contributed by atoms with van der Waals surface area (Å²) >= 11 is 0. The van der Waals surface area contributed by atoms with Crippen LogP contribution in [0.1, 0.15) is 17.0 Å². The van der Waals surface area contributed by atoms with Crippen molar-refractivity contribution in [2.24, 2.45) is 0 Å². The van der Waals surface area contributed by atoms with Gasteiger partial charge in [-0.05, 0) is 22.3 Å². The van der Waals surface area contributed by atoms with Crippen molar-refractivity contribution in [3.05, 3.63) is 70.1 Å². The molecule has 0 bridgehead atoms. The van der Waals surface area contributed by atoms with Gasteiger partial charge in [0.15, 0.2) is 0 Å². The molecule has 0 aliphatic heterocycles. The average Bonchev–Trinajstić information content (AvgIpc) is 3.18. The minimum absolute atomic E-state index is 0.0907. The monoisotopic (exact) mass is 380 g/mol. The van der Waals surface area contributed by atoms with Crippen LogP contribution in [0.25, 0.3) is 11.1 Å². The number of aromatic amines is 1. The first-order valence-corrected chi connectivity index (χ1v) is 8.53. The number of ether oxygens (including phenoxy) is 1. The van der Waals surface area contributed by atoms with Crippen LogP contribution in [0.3, 0.4) is 0 Å². The molecular weight excluding hydrogens is 364 g/mol. The molecular formula is C19H16N4O5. The minimum atomic E-state index is -1.24. The number of rotatable bonds is 5. The number of hydrogen-bond donors (Lipinski definition) is 3. The Balaban J connectivity index is 1.49. The molecule has 0 atom stereocenters. The fourth-order valence-electron chi connectivity index (χ4n) is 3.42. The normalized spacial score (nSPS) is 12.3. The predicted molar refractivity (Wildman–Crippen MR) is 99.2 cm³/mol. The third kappa shape index (κ3) is 3.13. The van der Waals surface area contributed by atoms with Gasteiger partial charge in [0.25, 0.3) is 0 Å². The third-order valence-corrected chi connectivity index (χ3v) is 4.61. The summed E-state index contributed by atoms with van der Waals surface area (Å²) in [6, 6.07) is 15.9. The van der Waals surface area contributed by atoms with Gasteiger partial charge in [-0.2, -0.15) is 0 Å². The lowest BCUT2D eigenvalue weighted by molar-refractivity contribution is -0.137. The van der Waals surface area contributed by atoms with Gasteiger partial charge in [0.2, 0.25) is 5.95 Å². The number of H-pyrrole nitrogens is 1. The van der Waals surface area contributed by atoms with E-state index in [2.05, 4.69) is 15.5 Å². The van der Waals surface area contributed by atoms with Crippen LogP contribution in [0.5, 0.6) is 0 Å². The van der Waals surface area contributed by atoms with Crippen molar-refractivity contribution in [2.75, 3.05) is 11.9 Å². The Hall–Kier alpha value is -3.88. The number of carbonyl (C=O) groups excluding carboxylic acids is 1. The summed E-state index contributed by atoms with van der Waals surface area (Å²) in [7, 11) is 0. The van der Waals surface area contributed by atoms with E-state index in [1.54, 1.807) is 0 Å². The molecule has 0 radical (unpaired) electrons. The molecule has 9 nitrogen and oxygen atoms in total. The number of benzene rings is 2. The summed E-state index contributed by atoms with van der Waals surface area (Å²) in [4.78, 5) is 34.6. The van der Waals surface area contributed by atoms with E-state index < -0.39 is 24.3 Å². The number of carboxylic acid groups (broad SMARTS) is 1. The molecule has 0 unspecified atom stereocenters. The minimum Gasteiger partial charge on any atom is -0.480 e. The van der Waals surface area contributed by atoms with E-state index in [1.165, 1.54) is 0 Å². The third-order valence-electron chi connectivity index (χ3n) is 4.61. The number of carbonyl (C=O) groups is 2. The molecule has 3 aromatic rings. The van der Waals surface area contributed by atoms with Crippen molar-refractivity contribution in [2.45, 2.75) is 12.5 Å². The second-order valence-electron chi connectivity index (χ2n) is 6.28. The lowest BCUT2D eigenvalue weighted by Crippen LogP contribution is -2.26. The number of nitrogens with one attached hydrogen (secondary N) is 2. The van der Waals surface area contributed by atoms with Gasteiger partial charge in [-0.15, -0.1) is 5.10 Å². The van der Waals surface area contributed by atoms with Crippen molar-refractivity contribution in [1.29, 1.82) is 0 Å². The fraction of sp³-hybridized carbons (Fsp3) is 0.158. The number of aliphatic carboxylic acids is 1. The summed E-state index contributed by atoms with van der Waals surface area (Å²) in [6.45, 7) is -0.540. The summed E-state index contributed by atoms with van der Waals surface area (Å²) in [5.74, 6) is -1.57. The highest BCUT2D eigenvalue weighted by atomic mass is 16.5. The van der Waals surface area contributed by atoms with E-state index >= 15 is 0 Å². The van der Waals surface area contributed by atoms with Gasteiger partial charge in [-0.25, -0.2) is 19.3 Å². The summed E-state index contributed by atoms with van der Waals surface area (Å²) in [5.41, 5.74) is 3.61. The molecule has 0 fully saturated rings. The predicted octanol–water partition coefficient (Wildman–Crippen LogP) is 2.02. The van der Waals surface area contributed by atoms with Gasteiger partial charge in [0, 0.05) is 5.92 Å². The molecule has 1 aliphatic carbocycles. The van der Waals surface area contributed by atoms with Crippen LogP contribution in [-0.2, 0) is 16.1 Å². The highest BCUT2D eigenvalue weighted by Gasteiger charge is 2.29. The SMILES string of the molecule is O=C(O)Cn1c(NC(=O)OCC2c3ccccc3-c3ccccc32)n[nH]c1=O. The van der Waals surface area contributed by atoms with Crippen LogP contribution in [0, 0.1) is 0 Å². The van der Waals surface area contributed by atoms with Crippen LogP contribution < -0.4 is 11.0 Å². The van der Waals surface area contributed by atoms with E-state index in [1.807, 2.05) is 48.5 Å². The highest BCUT2D eigenvalue weighted by Crippen LogP contribution is 2.44. The zero-order valence-electron chi connectivity index (χ0n) is 14.6. The first-order valence-electron chi connectivity index (χ1n) is 8.53. The second kappa shape index (κ2) is 7.03. The lowest BCUT2D eigenvalue weighted by Gasteiger charge is -2.14. The number of carboxylic acids is 1. The summed E-state index contributed by atoms with van der Waals surface area (Å²) in [5, 5.41) is 16.9. The quantitative estimate of drug-likeness (QED) is 0.622. The van der Waals surface area contributed by atoms with E-state index in [4.69, 9.17) is 9.84 Å². The molecule has 1 aromatic heterocycles. The molecule has 1 aliphatic rings. The average molecular weight is 380 g/mol. The molecule has 142 valence electrons. The Morgan fingerprint density at radius 2 is 1.71 bits per heavy atom. The van der Waals surface area contributed by atoms with Crippen LogP contribution >= 0.6 is 0 Å². The smallest absolute Gasteiger partial charge is 0.414 e. The maximum Gasteiger partial charge on any atom is 0.414 e. The molecule has 0 saturated carbocycles. The van der Waals surface area contributed by atoms with E-state index in [9.17, 15) is 14.4 Å². The highest BCUT2D eigenvalue weighted by molar-refractivity contribution is 5.83. The van der Waals surface area contributed by atoms with Gasteiger partial charge >= 0.3 is 17.8 Å². The number of hydrogen-bond acceptors (Lipinski definition) is 5. The molecule has 1 heterocycles.